The van der Waals surface area contributed by atoms with Crippen LogP contribution in [0, 0.1) is 0 Å². The molecule has 3 heterocycles. The largest absolute Gasteiger partial charge is 0.487 e. The highest BCUT2D eigenvalue weighted by molar-refractivity contribution is 5.96. The van der Waals surface area contributed by atoms with Crippen LogP contribution in [0.25, 0.3) is 0 Å². The van der Waals surface area contributed by atoms with Crippen molar-refractivity contribution in [3.05, 3.63) is 28.2 Å². The van der Waals surface area contributed by atoms with Crippen LogP contribution >= 0.6 is 0 Å². The third-order valence-electron chi connectivity index (χ3n) is 4.18. The van der Waals surface area contributed by atoms with Crippen LogP contribution in [0.3, 0.4) is 0 Å². The summed E-state index contributed by atoms with van der Waals surface area (Å²) in [6, 6.07) is 1.42. The number of morpholine rings is 1. The van der Waals surface area contributed by atoms with E-state index >= 15 is 0 Å². The van der Waals surface area contributed by atoms with Gasteiger partial charge in [-0.2, -0.15) is 0 Å². The van der Waals surface area contributed by atoms with Crippen molar-refractivity contribution in [1.82, 2.24) is 9.58 Å². The summed E-state index contributed by atoms with van der Waals surface area (Å²) in [4.78, 5) is 26.6. The lowest BCUT2D eigenvalue weighted by molar-refractivity contribution is -0.00324. The van der Waals surface area contributed by atoms with Gasteiger partial charge in [0.2, 0.25) is 5.43 Å². The Morgan fingerprint density at radius 3 is 3.04 bits per heavy atom. The van der Waals surface area contributed by atoms with Crippen LogP contribution in [0.1, 0.15) is 43.1 Å². The molecule has 2 aliphatic heterocycles. The van der Waals surface area contributed by atoms with Crippen molar-refractivity contribution < 1.29 is 14.3 Å². The second-order valence-corrected chi connectivity index (χ2v) is 5.86. The number of aromatic nitrogens is 1. The van der Waals surface area contributed by atoms with Crippen molar-refractivity contribution >= 4 is 5.91 Å². The second-order valence-electron chi connectivity index (χ2n) is 5.86. The fraction of sp³-hybridized carbons (Fsp3) is 0.625. The number of carbonyl (C=O) groups is 1. The maximum Gasteiger partial charge on any atom is 0.278 e. The number of amides is 1. The average molecular weight is 321 g/mol. The normalized spacial score (nSPS) is 19.8. The molecule has 0 bridgehead atoms. The molecule has 1 fully saturated rings. The van der Waals surface area contributed by atoms with E-state index < -0.39 is 0 Å². The summed E-state index contributed by atoms with van der Waals surface area (Å²) in [5.41, 5.74) is 3.21. The number of ether oxygens (including phenoxy) is 2. The van der Waals surface area contributed by atoms with E-state index in [1.165, 1.54) is 6.07 Å². The quantitative estimate of drug-likeness (QED) is 0.796. The van der Waals surface area contributed by atoms with Gasteiger partial charge >= 0.3 is 0 Å². The van der Waals surface area contributed by atoms with Gasteiger partial charge in [-0.1, -0.05) is 26.2 Å². The molecule has 0 spiro atoms. The second kappa shape index (κ2) is 7.04. The van der Waals surface area contributed by atoms with E-state index in [1.807, 2.05) is 0 Å². The Kier molecular flexibility index (Phi) is 4.85. The minimum Gasteiger partial charge on any atom is -0.487 e. The van der Waals surface area contributed by atoms with Gasteiger partial charge in [0.05, 0.1) is 19.8 Å². The summed E-state index contributed by atoms with van der Waals surface area (Å²) < 4.78 is 12.7. The van der Waals surface area contributed by atoms with Gasteiger partial charge in [-0.05, 0) is 6.42 Å². The van der Waals surface area contributed by atoms with Gasteiger partial charge in [0, 0.05) is 18.8 Å². The van der Waals surface area contributed by atoms with E-state index in [0.717, 1.165) is 25.7 Å². The number of rotatable bonds is 6. The van der Waals surface area contributed by atoms with E-state index in [1.54, 1.807) is 15.8 Å². The molecule has 23 heavy (non-hydrogen) atoms. The Hall–Kier alpha value is -2.02. The molecular weight excluding hydrogens is 298 g/mol. The lowest BCUT2D eigenvalue weighted by Gasteiger charge is -2.41. The Morgan fingerprint density at radius 2 is 2.22 bits per heavy atom. The molecule has 1 amide bonds. The molecule has 2 aliphatic rings. The lowest BCUT2D eigenvalue weighted by atomic mass is 10.2. The Bertz CT molecular complexity index is 628. The van der Waals surface area contributed by atoms with Crippen LogP contribution in [0.15, 0.2) is 17.1 Å². The van der Waals surface area contributed by atoms with Crippen LogP contribution in [0.2, 0.25) is 0 Å². The Balaban J connectivity index is 1.81. The number of unbranched alkanes of at least 4 members (excludes halogenated alkanes) is 3. The van der Waals surface area contributed by atoms with Gasteiger partial charge in [0.25, 0.3) is 5.91 Å². The third kappa shape index (κ3) is 3.19. The lowest BCUT2D eigenvalue weighted by Crippen LogP contribution is -2.59. The first-order valence-corrected chi connectivity index (χ1v) is 8.26. The minimum atomic E-state index is -0.256. The number of fused-ring (bicyclic) bond motifs is 2. The van der Waals surface area contributed by atoms with Crippen LogP contribution in [0.5, 0.6) is 5.75 Å². The number of hydrogen-bond donors (Lipinski definition) is 1. The SMILES string of the molecule is CCCCCCOc1c2n(ccc1=O)N[C@@H]1COCCN1C2=O. The summed E-state index contributed by atoms with van der Waals surface area (Å²) in [5, 5.41) is 0. The van der Waals surface area contributed by atoms with Crippen molar-refractivity contribution in [1.29, 1.82) is 0 Å². The van der Waals surface area contributed by atoms with Gasteiger partial charge in [0.1, 0.15) is 6.17 Å². The average Bonchev–Trinajstić information content (AvgIpc) is 2.57. The molecule has 0 saturated carbocycles. The fourth-order valence-electron chi connectivity index (χ4n) is 2.92. The highest BCUT2D eigenvalue weighted by atomic mass is 16.5. The summed E-state index contributed by atoms with van der Waals surface area (Å²) in [6.45, 7) is 4.05. The molecule has 3 rings (SSSR count). The maximum absolute atomic E-state index is 12.7. The standard InChI is InChI=1S/C16H23N3O4/c1-2-3-4-5-9-23-15-12(20)6-7-19-14(15)16(21)18-8-10-22-11-13(18)17-19/h6-7,13,17H,2-5,8-11H2,1H3/t13-/m0/s1. The van der Waals surface area contributed by atoms with Crippen molar-refractivity contribution in [2.24, 2.45) is 0 Å². The minimum absolute atomic E-state index is 0.145. The van der Waals surface area contributed by atoms with E-state index in [-0.39, 0.29) is 28.9 Å². The van der Waals surface area contributed by atoms with E-state index in [0.29, 0.717) is 26.4 Å². The topological polar surface area (TPSA) is 72.8 Å². The van der Waals surface area contributed by atoms with Crippen molar-refractivity contribution in [2.45, 2.75) is 38.8 Å². The van der Waals surface area contributed by atoms with Gasteiger partial charge in [0.15, 0.2) is 11.4 Å². The van der Waals surface area contributed by atoms with Gasteiger partial charge in [-0.3, -0.25) is 14.3 Å². The highest BCUT2D eigenvalue weighted by Gasteiger charge is 2.36. The molecule has 7 nitrogen and oxygen atoms in total. The zero-order valence-electron chi connectivity index (χ0n) is 13.4. The molecule has 1 aromatic rings. The van der Waals surface area contributed by atoms with E-state index in [9.17, 15) is 9.59 Å². The van der Waals surface area contributed by atoms with Crippen molar-refractivity contribution in [2.75, 3.05) is 31.8 Å². The fourth-order valence-corrected chi connectivity index (χ4v) is 2.92. The summed E-state index contributed by atoms with van der Waals surface area (Å²) in [6.07, 6.45) is 5.60. The smallest absolute Gasteiger partial charge is 0.278 e. The number of hydrogen-bond acceptors (Lipinski definition) is 5. The molecule has 1 aromatic heterocycles. The molecule has 7 heteroatoms. The first-order valence-electron chi connectivity index (χ1n) is 8.26. The number of nitrogens with zero attached hydrogens (tertiary/aromatic N) is 2. The number of pyridine rings is 1. The first-order chi connectivity index (χ1) is 11.2. The van der Waals surface area contributed by atoms with Crippen LogP contribution < -0.4 is 15.6 Å². The van der Waals surface area contributed by atoms with Gasteiger partial charge in [-0.15, -0.1) is 0 Å². The highest BCUT2D eigenvalue weighted by Crippen LogP contribution is 2.22. The van der Waals surface area contributed by atoms with Crippen LogP contribution in [-0.4, -0.2) is 48.0 Å². The Morgan fingerprint density at radius 1 is 1.35 bits per heavy atom. The predicted octanol–water partition coefficient (Wildman–Crippen LogP) is 1.16. The molecule has 126 valence electrons. The van der Waals surface area contributed by atoms with Crippen molar-refractivity contribution in [3.63, 3.8) is 0 Å². The zero-order valence-corrected chi connectivity index (χ0v) is 13.4. The molecule has 0 aliphatic carbocycles. The van der Waals surface area contributed by atoms with Crippen LogP contribution in [0.4, 0.5) is 0 Å². The van der Waals surface area contributed by atoms with Crippen LogP contribution in [-0.2, 0) is 4.74 Å². The first kappa shape index (κ1) is 15.9. The maximum atomic E-state index is 12.7. The Labute approximate surface area is 135 Å². The summed E-state index contributed by atoms with van der Waals surface area (Å²) >= 11 is 0. The zero-order chi connectivity index (χ0) is 16.2. The summed E-state index contributed by atoms with van der Waals surface area (Å²) in [7, 11) is 0. The molecule has 0 aromatic carbocycles. The monoisotopic (exact) mass is 321 g/mol. The van der Waals surface area contributed by atoms with Gasteiger partial charge < -0.3 is 19.8 Å². The van der Waals surface area contributed by atoms with Gasteiger partial charge in [-0.25, -0.2) is 0 Å². The predicted molar refractivity (Wildman–Crippen MR) is 85.3 cm³/mol. The molecule has 1 saturated heterocycles. The number of carbonyl (C=O) groups excluding carboxylic acids is 1. The molecular formula is C16H23N3O4. The van der Waals surface area contributed by atoms with E-state index in [4.69, 9.17) is 9.47 Å². The molecule has 1 N–H and O–H groups in total. The molecule has 0 unspecified atom stereocenters. The third-order valence-corrected chi connectivity index (χ3v) is 4.18. The molecule has 1 atom stereocenters. The van der Waals surface area contributed by atoms with Crippen molar-refractivity contribution in [3.8, 4) is 5.75 Å². The number of nitrogens with one attached hydrogen (secondary N) is 1. The summed E-state index contributed by atoms with van der Waals surface area (Å²) in [5.74, 6) is -0.0373. The van der Waals surface area contributed by atoms with E-state index in [2.05, 4.69) is 12.3 Å². The molecule has 0 radical (unpaired) electrons.